The standard InChI is InChI=1S/C18H33NO2/c19-14-9-6-4-2-1-3-5-7-10-15-20-17-13-18-12-8-11-16-21-18/h18H,1-13,15-17H2. The van der Waals surface area contributed by atoms with Crippen molar-refractivity contribution in [3.63, 3.8) is 0 Å². The lowest BCUT2D eigenvalue weighted by atomic mass is 10.1. The van der Waals surface area contributed by atoms with Crippen molar-refractivity contribution in [3.05, 3.63) is 0 Å². The van der Waals surface area contributed by atoms with Gasteiger partial charge in [0, 0.05) is 26.2 Å². The van der Waals surface area contributed by atoms with Crippen LogP contribution in [0, 0.1) is 11.3 Å². The van der Waals surface area contributed by atoms with E-state index < -0.39 is 0 Å². The zero-order valence-corrected chi connectivity index (χ0v) is 13.7. The highest BCUT2D eigenvalue weighted by atomic mass is 16.5. The third-order valence-corrected chi connectivity index (χ3v) is 4.19. The SMILES string of the molecule is N#CCCCCCCCCCCOCCC1CCCCO1. The van der Waals surface area contributed by atoms with Crippen molar-refractivity contribution in [2.24, 2.45) is 0 Å². The third kappa shape index (κ3) is 11.7. The number of nitrogens with zero attached hydrogens (tertiary/aromatic N) is 1. The molecule has 1 saturated heterocycles. The van der Waals surface area contributed by atoms with Gasteiger partial charge in [0.2, 0.25) is 0 Å². The molecule has 1 aliphatic rings. The second-order valence-electron chi connectivity index (χ2n) is 6.13. The van der Waals surface area contributed by atoms with Gasteiger partial charge in [-0.05, 0) is 38.5 Å². The lowest BCUT2D eigenvalue weighted by Gasteiger charge is -2.22. The molecular formula is C18H33NO2. The number of ether oxygens (including phenoxy) is 2. The summed E-state index contributed by atoms with van der Waals surface area (Å²) in [4.78, 5) is 0. The summed E-state index contributed by atoms with van der Waals surface area (Å²) in [6.45, 7) is 2.72. The molecule has 1 rings (SSSR count). The van der Waals surface area contributed by atoms with Crippen molar-refractivity contribution in [1.29, 1.82) is 5.26 Å². The fourth-order valence-electron chi connectivity index (χ4n) is 2.82. The van der Waals surface area contributed by atoms with Gasteiger partial charge < -0.3 is 9.47 Å². The van der Waals surface area contributed by atoms with E-state index in [4.69, 9.17) is 14.7 Å². The smallest absolute Gasteiger partial charge is 0.0621 e. The Hall–Kier alpha value is -0.590. The molecule has 0 bridgehead atoms. The molecule has 0 amide bonds. The Morgan fingerprint density at radius 1 is 0.905 bits per heavy atom. The van der Waals surface area contributed by atoms with Crippen LogP contribution in [0.3, 0.4) is 0 Å². The van der Waals surface area contributed by atoms with Crippen molar-refractivity contribution in [3.8, 4) is 6.07 Å². The largest absolute Gasteiger partial charge is 0.381 e. The lowest BCUT2D eigenvalue weighted by molar-refractivity contribution is -0.00783. The third-order valence-electron chi connectivity index (χ3n) is 4.19. The molecule has 0 aromatic rings. The van der Waals surface area contributed by atoms with E-state index in [-0.39, 0.29) is 0 Å². The summed E-state index contributed by atoms with van der Waals surface area (Å²) in [5.74, 6) is 0. The van der Waals surface area contributed by atoms with E-state index in [1.54, 1.807) is 0 Å². The van der Waals surface area contributed by atoms with Crippen LogP contribution >= 0.6 is 0 Å². The topological polar surface area (TPSA) is 42.2 Å². The summed E-state index contributed by atoms with van der Waals surface area (Å²) in [5, 5.41) is 8.43. The summed E-state index contributed by atoms with van der Waals surface area (Å²) in [6, 6.07) is 2.20. The molecule has 0 saturated carbocycles. The molecule has 1 fully saturated rings. The highest BCUT2D eigenvalue weighted by molar-refractivity contribution is 4.67. The van der Waals surface area contributed by atoms with Gasteiger partial charge >= 0.3 is 0 Å². The van der Waals surface area contributed by atoms with E-state index in [0.29, 0.717) is 6.10 Å². The van der Waals surface area contributed by atoms with E-state index >= 15 is 0 Å². The molecule has 1 atom stereocenters. The van der Waals surface area contributed by atoms with Crippen LogP contribution in [-0.4, -0.2) is 25.9 Å². The number of nitriles is 1. The number of hydrogen-bond donors (Lipinski definition) is 0. The van der Waals surface area contributed by atoms with Gasteiger partial charge in [0.25, 0.3) is 0 Å². The average molecular weight is 295 g/mol. The first-order chi connectivity index (χ1) is 10.4. The van der Waals surface area contributed by atoms with Crippen LogP contribution in [0.1, 0.15) is 83.5 Å². The lowest BCUT2D eigenvalue weighted by Crippen LogP contribution is -2.20. The van der Waals surface area contributed by atoms with Crippen molar-refractivity contribution in [2.45, 2.75) is 89.6 Å². The molecule has 0 aromatic heterocycles. The van der Waals surface area contributed by atoms with Crippen LogP contribution in [0.15, 0.2) is 0 Å². The predicted molar refractivity (Wildman–Crippen MR) is 86.2 cm³/mol. The highest BCUT2D eigenvalue weighted by Crippen LogP contribution is 2.15. The first-order valence-electron chi connectivity index (χ1n) is 9.00. The monoisotopic (exact) mass is 295 g/mol. The molecule has 3 nitrogen and oxygen atoms in total. The normalized spacial score (nSPS) is 18.5. The van der Waals surface area contributed by atoms with Crippen LogP contribution < -0.4 is 0 Å². The Morgan fingerprint density at radius 2 is 1.62 bits per heavy atom. The van der Waals surface area contributed by atoms with E-state index in [9.17, 15) is 0 Å². The molecular weight excluding hydrogens is 262 g/mol. The van der Waals surface area contributed by atoms with Crippen LogP contribution in [0.2, 0.25) is 0 Å². The molecule has 0 N–H and O–H groups in total. The van der Waals surface area contributed by atoms with E-state index in [1.807, 2.05) is 0 Å². The Bertz CT molecular complexity index is 256. The summed E-state index contributed by atoms with van der Waals surface area (Å²) < 4.78 is 11.4. The molecule has 122 valence electrons. The minimum atomic E-state index is 0.458. The van der Waals surface area contributed by atoms with Crippen molar-refractivity contribution in [1.82, 2.24) is 0 Å². The second-order valence-corrected chi connectivity index (χ2v) is 6.13. The van der Waals surface area contributed by atoms with Gasteiger partial charge in [0.05, 0.1) is 12.2 Å². The Balaban J connectivity index is 1.70. The molecule has 0 radical (unpaired) electrons. The minimum absolute atomic E-state index is 0.458. The zero-order valence-electron chi connectivity index (χ0n) is 13.7. The predicted octanol–water partition coefficient (Wildman–Crippen LogP) is 5.00. The van der Waals surface area contributed by atoms with Gasteiger partial charge in [-0.25, -0.2) is 0 Å². The summed E-state index contributed by atoms with van der Waals surface area (Å²) in [7, 11) is 0. The quantitative estimate of drug-likeness (QED) is 0.449. The minimum Gasteiger partial charge on any atom is -0.381 e. The maximum atomic E-state index is 8.43. The molecule has 0 spiro atoms. The molecule has 1 unspecified atom stereocenters. The first kappa shape index (κ1) is 18.5. The number of unbranched alkanes of at least 4 members (excludes halogenated alkanes) is 8. The fraction of sp³-hybridized carbons (Fsp3) is 0.944. The van der Waals surface area contributed by atoms with E-state index in [2.05, 4.69) is 6.07 Å². The van der Waals surface area contributed by atoms with Gasteiger partial charge in [-0.2, -0.15) is 5.26 Å². The number of hydrogen-bond acceptors (Lipinski definition) is 3. The first-order valence-corrected chi connectivity index (χ1v) is 9.00. The van der Waals surface area contributed by atoms with Gasteiger partial charge in [-0.15, -0.1) is 0 Å². The van der Waals surface area contributed by atoms with Crippen molar-refractivity contribution in [2.75, 3.05) is 19.8 Å². The van der Waals surface area contributed by atoms with E-state index in [0.717, 1.165) is 39.1 Å². The molecule has 21 heavy (non-hydrogen) atoms. The van der Waals surface area contributed by atoms with E-state index in [1.165, 1.54) is 64.2 Å². The van der Waals surface area contributed by atoms with Crippen molar-refractivity contribution < 1.29 is 9.47 Å². The van der Waals surface area contributed by atoms with Crippen molar-refractivity contribution >= 4 is 0 Å². The van der Waals surface area contributed by atoms with Gasteiger partial charge in [-0.3, -0.25) is 0 Å². The summed E-state index contributed by atoms with van der Waals surface area (Å²) >= 11 is 0. The molecule has 1 aliphatic heterocycles. The highest BCUT2D eigenvalue weighted by Gasteiger charge is 2.12. The molecule has 1 heterocycles. The summed E-state index contributed by atoms with van der Waals surface area (Å²) in [5.41, 5.74) is 0. The Morgan fingerprint density at radius 3 is 2.29 bits per heavy atom. The van der Waals surface area contributed by atoms with Crippen LogP contribution in [0.4, 0.5) is 0 Å². The molecule has 0 aliphatic carbocycles. The summed E-state index contributed by atoms with van der Waals surface area (Å²) in [6.07, 6.45) is 16.1. The van der Waals surface area contributed by atoms with Crippen LogP contribution in [0.5, 0.6) is 0 Å². The number of rotatable bonds is 13. The zero-order chi connectivity index (χ0) is 15.0. The second kappa shape index (κ2) is 14.4. The van der Waals surface area contributed by atoms with Gasteiger partial charge in [0.15, 0.2) is 0 Å². The van der Waals surface area contributed by atoms with Crippen LogP contribution in [-0.2, 0) is 9.47 Å². The van der Waals surface area contributed by atoms with Crippen LogP contribution in [0.25, 0.3) is 0 Å². The Labute approximate surface area is 131 Å². The average Bonchev–Trinajstić information content (AvgIpc) is 2.53. The van der Waals surface area contributed by atoms with Gasteiger partial charge in [0.1, 0.15) is 0 Å². The maximum absolute atomic E-state index is 8.43. The molecule has 0 aromatic carbocycles. The fourth-order valence-corrected chi connectivity index (χ4v) is 2.82. The maximum Gasteiger partial charge on any atom is 0.0621 e. The van der Waals surface area contributed by atoms with Gasteiger partial charge in [-0.1, -0.05) is 38.5 Å². The Kier molecular flexibility index (Phi) is 12.6. The molecule has 3 heteroatoms.